The topological polar surface area (TPSA) is 62.9 Å². The van der Waals surface area contributed by atoms with Gasteiger partial charge in [-0.3, -0.25) is 0 Å². The van der Waals surface area contributed by atoms with Gasteiger partial charge in [-0.2, -0.15) is 0 Å². The van der Waals surface area contributed by atoms with Gasteiger partial charge in [0.05, 0.1) is 31.2 Å². The number of hydrogen-bond acceptors (Lipinski definition) is 5. The van der Waals surface area contributed by atoms with E-state index < -0.39 is 0 Å². The summed E-state index contributed by atoms with van der Waals surface area (Å²) in [7, 11) is 0. The highest BCUT2D eigenvalue weighted by Gasteiger charge is 2.20. The number of aryl methyl sites for hydroxylation is 1. The van der Waals surface area contributed by atoms with Gasteiger partial charge in [-0.25, -0.2) is 13.9 Å². The predicted molar refractivity (Wildman–Crippen MR) is 105 cm³/mol. The molecule has 0 radical (unpaired) electrons. The Morgan fingerprint density at radius 2 is 2.00 bits per heavy atom. The molecule has 28 heavy (non-hydrogen) atoms. The van der Waals surface area contributed by atoms with E-state index >= 15 is 0 Å². The van der Waals surface area contributed by atoms with Gasteiger partial charge in [0.2, 0.25) is 0 Å². The molecule has 3 aromatic rings. The maximum absolute atomic E-state index is 14.0. The summed E-state index contributed by atoms with van der Waals surface area (Å²) in [4.78, 5) is 6.86. The van der Waals surface area contributed by atoms with Crippen LogP contribution in [0.5, 0.6) is 0 Å². The van der Waals surface area contributed by atoms with Crippen LogP contribution in [0.25, 0.3) is 5.65 Å². The minimum atomic E-state index is -0.229. The number of morpholine rings is 1. The molecule has 0 atom stereocenters. The van der Waals surface area contributed by atoms with Crippen LogP contribution in [0.2, 0.25) is 0 Å². The molecular weight excluding hydrogens is 359 g/mol. The summed E-state index contributed by atoms with van der Waals surface area (Å²) in [5.74, 6) is 0.653. The lowest BCUT2D eigenvalue weighted by Gasteiger charge is -2.28. The second kappa shape index (κ2) is 7.85. The van der Waals surface area contributed by atoms with Crippen molar-refractivity contribution in [2.75, 3.05) is 31.2 Å². The van der Waals surface area contributed by atoms with Crippen molar-refractivity contribution in [3.63, 3.8) is 0 Å². The molecule has 0 aliphatic carbocycles. The Kier molecular flexibility index (Phi) is 5.28. The third-order valence-electron chi connectivity index (χ3n) is 5.43. The molecule has 2 aromatic heterocycles. The van der Waals surface area contributed by atoms with Crippen molar-refractivity contribution in [1.29, 1.82) is 0 Å². The molecule has 0 saturated carbocycles. The van der Waals surface area contributed by atoms with E-state index in [2.05, 4.69) is 22.9 Å². The fraction of sp³-hybridized carbons (Fsp3) is 0.429. The van der Waals surface area contributed by atoms with Gasteiger partial charge in [0.1, 0.15) is 11.6 Å². The smallest absolute Gasteiger partial charge is 0.157 e. The van der Waals surface area contributed by atoms with Crippen LogP contribution in [0.1, 0.15) is 35.0 Å². The van der Waals surface area contributed by atoms with Crippen molar-refractivity contribution in [2.24, 2.45) is 0 Å². The summed E-state index contributed by atoms with van der Waals surface area (Å²) in [6.45, 7) is 6.63. The SMILES string of the molecule is CCc1cc(N2CCOCC2)nn2c(Cc3cccc(F)c3C)c(CO)nc12. The maximum Gasteiger partial charge on any atom is 0.157 e. The molecule has 1 aliphatic heterocycles. The van der Waals surface area contributed by atoms with E-state index in [4.69, 9.17) is 9.84 Å². The van der Waals surface area contributed by atoms with Crippen molar-refractivity contribution in [3.8, 4) is 0 Å². The summed E-state index contributed by atoms with van der Waals surface area (Å²) in [6.07, 6.45) is 1.27. The van der Waals surface area contributed by atoms with Gasteiger partial charge in [-0.05, 0) is 36.6 Å². The summed E-state index contributed by atoms with van der Waals surface area (Å²) >= 11 is 0. The predicted octanol–water partition coefficient (Wildman–Crippen LogP) is 2.66. The lowest BCUT2D eigenvalue weighted by Crippen LogP contribution is -2.37. The number of aliphatic hydroxyl groups excluding tert-OH is 1. The van der Waals surface area contributed by atoms with E-state index in [0.717, 1.165) is 47.8 Å². The summed E-state index contributed by atoms with van der Waals surface area (Å²) < 4.78 is 21.3. The minimum absolute atomic E-state index is 0.177. The fourth-order valence-corrected chi connectivity index (χ4v) is 3.69. The molecule has 7 heteroatoms. The first-order valence-corrected chi connectivity index (χ1v) is 9.70. The van der Waals surface area contributed by atoms with Gasteiger partial charge in [0, 0.05) is 25.1 Å². The Morgan fingerprint density at radius 3 is 2.71 bits per heavy atom. The number of aromatic nitrogens is 3. The standard InChI is InChI=1S/C21H25FN4O2/c1-3-15-12-20(25-7-9-28-10-8-25)24-26-19(18(13-27)23-21(15)26)11-16-5-4-6-17(22)14(16)2/h4-6,12,27H,3,7-11,13H2,1-2H3. The molecule has 0 amide bonds. The molecule has 4 rings (SSSR count). The van der Waals surface area contributed by atoms with Crippen LogP contribution in [-0.2, 0) is 24.2 Å². The van der Waals surface area contributed by atoms with Crippen LogP contribution in [0.15, 0.2) is 24.3 Å². The Bertz CT molecular complexity index is 996. The highest BCUT2D eigenvalue weighted by atomic mass is 19.1. The number of hydrogen-bond donors (Lipinski definition) is 1. The van der Waals surface area contributed by atoms with E-state index in [0.29, 0.717) is 30.9 Å². The highest BCUT2D eigenvalue weighted by Crippen LogP contribution is 2.25. The molecule has 148 valence electrons. The van der Waals surface area contributed by atoms with Gasteiger partial charge in [-0.15, -0.1) is 5.10 Å². The molecule has 1 aliphatic rings. The van der Waals surface area contributed by atoms with Gasteiger partial charge >= 0.3 is 0 Å². The lowest BCUT2D eigenvalue weighted by molar-refractivity contribution is 0.122. The average molecular weight is 384 g/mol. The van der Waals surface area contributed by atoms with E-state index in [1.54, 1.807) is 13.0 Å². The molecule has 1 N–H and O–H groups in total. The van der Waals surface area contributed by atoms with Crippen LogP contribution in [0.3, 0.4) is 0 Å². The third kappa shape index (κ3) is 3.36. The van der Waals surface area contributed by atoms with Gasteiger partial charge in [0.15, 0.2) is 5.65 Å². The summed E-state index contributed by atoms with van der Waals surface area (Å²) in [6, 6.07) is 7.16. The normalized spacial score (nSPS) is 14.8. The van der Waals surface area contributed by atoms with Gasteiger partial charge in [-0.1, -0.05) is 19.1 Å². The molecule has 1 aromatic carbocycles. The largest absolute Gasteiger partial charge is 0.390 e. The molecule has 1 saturated heterocycles. The van der Waals surface area contributed by atoms with E-state index in [1.807, 2.05) is 10.6 Å². The van der Waals surface area contributed by atoms with Crippen molar-refractivity contribution < 1.29 is 14.2 Å². The molecule has 3 heterocycles. The monoisotopic (exact) mass is 384 g/mol. The maximum atomic E-state index is 14.0. The molecular formula is C21H25FN4O2. The van der Waals surface area contributed by atoms with E-state index in [-0.39, 0.29) is 12.4 Å². The molecule has 0 bridgehead atoms. The number of rotatable bonds is 5. The number of anilines is 1. The Balaban J connectivity index is 1.85. The van der Waals surface area contributed by atoms with E-state index in [9.17, 15) is 9.50 Å². The van der Waals surface area contributed by atoms with Crippen molar-refractivity contribution in [3.05, 3.63) is 58.2 Å². The number of imidazole rings is 1. The number of benzene rings is 1. The number of aliphatic hydroxyl groups is 1. The van der Waals surface area contributed by atoms with Crippen molar-refractivity contribution in [1.82, 2.24) is 14.6 Å². The van der Waals surface area contributed by atoms with Gasteiger partial charge in [0.25, 0.3) is 0 Å². The molecule has 0 spiro atoms. The van der Waals surface area contributed by atoms with Crippen LogP contribution < -0.4 is 4.90 Å². The Morgan fingerprint density at radius 1 is 1.21 bits per heavy atom. The van der Waals surface area contributed by atoms with E-state index in [1.165, 1.54) is 6.07 Å². The molecule has 6 nitrogen and oxygen atoms in total. The number of fused-ring (bicyclic) bond motifs is 1. The quantitative estimate of drug-likeness (QED) is 0.733. The summed E-state index contributed by atoms with van der Waals surface area (Å²) in [5, 5.41) is 14.7. The first-order valence-electron chi connectivity index (χ1n) is 9.70. The van der Waals surface area contributed by atoms with Crippen molar-refractivity contribution in [2.45, 2.75) is 33.3 Å². The summed E-state index contributed by atoms with van der Waals surface area (Å²) in [5.41, 5.74) is 4.71. The number of halogens is 1. The fourth-order valence-electron chi connectivity index (χ4n) is 3.69. The highest BCUT2D eigenvalue weighted by molar-refractivity contribution is 5.56. The molecule has 0 unspecified atom stereocenters. The zero-order valence-electron chi connectivity index (χ0n) is 16.3. The third-order valence-corrected chi connectivity index (χ3v) is 5.43. The van der Waals surface area contributed by atoms with Crippen LogP contribution in [0.4, 0.5) is 10.2 Å². The van der Waals surface area contributed by atoms with Gasteiger partial charge < -0.3 is 14.7 Å². The van der Waals surface area contributed by atoms with Crippen LogP contribution in [0, 0.1) is 12.7 Å². The second-order valence-electron chi connectivity index (χ2n) is 7.08. The van der Waals surface area contributed by atoms with Crippen LogP contribution in [-0.4, -0.2) is 46.0 Å². The second-order valence-corrected chi connectivity index (χ2v) is 7.08. The molecule has 1 fully saturated rings. The first-order chi connectivity index (χ1) is 13.6. The zero-order valence-corrected chi connectivity index (χ0v) is 16.3. The Labute approximate surface area is 163 Å². The average Bonchev–Trinajstić information content (AvgIpc) is 3.09. The number of ether oxygens (including phenoxy) is 1. The van der Waals surface area contributed by atoms with Crippen LogP contribution >= 0.6 is 0 Å². The minimum Gasteiger partial charge on any atom is -0.390 e. The number of nitrogens with zero attached hydrogens (tertiary/aromatic N) is 4. The first kappa shape index (κ1) is 18.8. The zero-order chi connectivity index (χ0) is 19.7. The Hall–Kier alpha value is -2.51. The van der Waals surface area contributed by atoms with Crippen molar-refractivity contribution >= 4 is 11.5 Å². The lowest BCUT2D eigenvalue weighted by atomic mass is 10.0.